The van der Waals surface area contributed by atoms with Crippen molar-refractivity contribution < 1.29 is 0 Å². The third-order valence-electron chi connectivity index (χ3n) is 4.61. The van der Waals surface area contributed by atoms with Crippen LogP contribution in [-0.4, -0.2) is 0 Å². The van der Waals surface area contributed by atoms with E-state index in [9.17, 15) is 0 Å². The van der Waals surface area contributed by atoms with Crippen LogP contribution in [0, 0.1) is 5.92 Å². The minimum absolute atomic E-state index is 0.900. The summed E-state index contributed by atoms with van der Waals surface area (Å²) in [5.74, 6) is 0.900. The van der Waals surface area contributed by atoms with Crippen LogP contribution in [0.1, 0.15) is 110 Å². The van der Waals surface area contributed by atoms with Gasteiger partial charge >= 0.3 is 0 Å². The van der Waals surface area contributed by atoms with Crippen molar-refractivity contribution in [3.05, 3.63) is 12.2 Å². The zero-order valence-electron chi connectivity index (χ0n) is 14.0. The van der Waals surface area contributed by atoms with Crippen molar-refractivity contribution in [2.45, 2.75) is 110 Å². The van der Waals surface area contributed by atoms with Crippen LogP contribution in [0.15, 0.2) is 12.2 Å². The Labute approximate surface area is 128 Å². The standard InChI is InChI=1S/C20H38/c1-2-3-4-5-6-7-8-9-10-11-12-13-14-15-16-17-20-18-19-20/h18-20H,2-17H2,1H3. The molecule has 1 rings (SSSR count). The summed E-state index contributed by atoms with van der Waals surface area (Å²) >= 11 is 0. The maximum Gasteiger partial charge on any atom is -0.00531 e. The van der Waals surface area contributed by atoms with E-state index in [0.717, 1.165) is 5.92 Å². The van der Waals surface area contributed by atoms with Crippen molar-refractivity contribution in [1.82, 2.24) is 0 Å². The highest BCUT2D eigenvalue weighted by Gasteiger charge is 2.08. The van der Waals surface area contributed by atoms with Crippen LogP contribution < -0.4 is 0 Å². The van der Waals surface area contributed by atoms with Gasteiger partial charge in [0, 0.05) is 0 Å². The van der Waals surface area contributed by atoms with Gasteiger partial charge in [-0.25, -0.2) is 0 Å². The molecule has 0 fully saturated rings. The van der Waals surface area contributed by atoms with Crippen LogP contribution >= 0.6 is 0 Å². The highest BCUT2D eigenvalue weighted by atomic mass is 14.1. The first-order valence-electron chi connectivity index (χ1n) is 9.62. The summed E-state index contributed by atoms with van der Waals surface area (Å²) in [6, 6.07) is 0. The van der Waals surface area contributed by atoms with Gasteiger partial charge < -0.3 is 0 Å². The minimum atomic E-state index is 0.900. The normalized spacial score (nSPS) is 14.1. The van der Waals surface area contributed by atoms with Crippen molar-refractivity contribution in [3.8, 4) is 0 Å². The molecule has 0 aromatic heterocycles. The third-order valence-corrected chi connectivity index (χ3v) is 4.61. The lowest BCUT2D eigenvalue weighted by Crippen LogP contribution is -1.84. The molecule has 1 aliphatic carbocycles. The first-order chi connectivity index (χ1) is 9.93. The number of allylic oxidation sites excluding steroid dienone is 2. The first-order valence-corrected chi connectivity index (χ1v) is 9.62. The Morgan fingerprint density at radius 2 is 0.850 bits per heavy atom. The first kappa shape index (κ1) is 17.8. The molecule has 20 heavy (non-hydrogen) atoms. The fourth-order valence-corrected chi connectivity index (χ4v) is 3.02. The van der Waals surface area contributed by atoms with Crippen LogP contribution in [0.2, 0.25) is 0 Å². The molecule has 0 radical (unpaired) electrons. The molecule has 0 spiro atoms. The van der Waals surface area contributed by atoms with Gasteiger partial charge in [0.25, 0.3) is 0 Å². The van der Waals surface area contributed by atoms with Gasteiger partial charge in [-0.15, -0.1) is 0 Å². The van der Waals surface area contributed by atoms with E-state index in [1.807, 2.05) is 0 Å². The second kappa shape index (κ2) is 13.7. The molecular formula is C20H38. The van der Waals surface area contributed by atoms with E-state index in [-0.39, 0.29) is 0 Å². The van der Waals surface area contributed by atoms with E-state index in [1.54, 1.807) is 0 Å². The van der Waals surface area contributed by atoms with Crippen LogP contribution in [0.4, 0.5) is 0 Å². The van der Waals surface area contributed by atoms with Gasteiger partial charge in [-0.3, -0.25) is 0 Å². The molecule has 0 bridgehead atoms. The fraction of sp³-hybridized carbons (Fsp3) is 0.900. The summed E-state index contributed by atoms with van der Waals surface area (Å²) in [6.07, 6.45) is 28.1. The van der Waals surface area contributed by atoms with E-state index >= 15 is 0 Å². The molecule has 118 valence electrons. The zero-order valence-corrected chi connectivity index (χ0v) is 14.0. The second-order valence-electron chi connectivity index (χ2n) is 6.79. The molecule has 0 N–H and O–H groups in total. The van der Waals surface area contributed by atoms with E-state index in [2.05, 4.69) is 19.1 Å². The van der Waals surface area contributed by atoms with Gasteiger partial charge in [-0.1, -0.05) is 115 Å². The number of hydrogen-bond acceptors (Lipinski definition) is 0. The Balaban J connectivity index is 1.60. The van der Waals surface area contributed by atoms with E-state index in [4.69, 9.17) is 0 Å². The molecule has 0 aromatic carbocycles. The molecule has 0 atom stereocenters. The zero-order chi connectivity index (χ0) is 14.3. The smallest absolute Gasteiger partial charge is 0.00531 e. The maximum absolute atomic E-state index is 2.34. The van der Waals surface area contributed by atoms with Gasteiger partial charge in [0.2, 0.25) is 0 Å². The van der Waals surface area contributed by atoms with Crippen molar-refractivity contribution in [2.24, 2.45) is 5.92 Å². The SMILES string of the molecule is CCCCCCCCCCCCCCCCCC1C=C1. The number of hydrogen-bond donors (Lipinski definition) is 0. The molecule has 0 unspecified atom stereocenters. The molecule has 0 heterocycles. The summed E-state index contributed by atoms with van der Waals surface area (Å²) in [5, 5.41) is 0. The van der Waals surface area contributed by atoms with Crippen LogP contribution in [0.5, 0.6) is 0 Å². The van der Waals surface area contributed by atoms with Crippen LogP contribution in [-0.2, 0) is 0 Å². The van der Waals surface area contributed by atoms with E-state index < -0.39 is 0 Å². The van der Waals surface area contributed by atoms with Crippen molar-refractivity contribution in [2.75, 3.05) is 0 Å². The molecule has 0 nitrogen and oxygen atoms in total. The molecular weight excluding hydrogens is 240 g/mol. The van der Waals surface area contributed by atoms with Gasteiger partial charge in [0.15, 0.2) is 0 Å². The number of rotatable bonds is 16. The number of unbranched alkanes of at least 4 members (excludes halogenated alkanes) is 14. The van der Waals surface area contributed by atoms with Crippen LogP contribution in [0.3, 0.4) is 0 Å². The third kappa shape index (κ3) is 12.8. The quantitative estimate of drug-likeness (QED) is 0.203. The monoisotopic (exact) mass is 278 g/mol. The Kier molecular flexibility index (Phi) is 12.2. The van der Waals surface area contributed by atoms with Crippen molar-refractivity contribution in [3.63, 3.8) is 0 Å². The van der Waals surface area contributed by atoms with Crippen molar-refractivity contribution >= 4 is 0 Å². The van der Waals surface area contributed by atoms with Crippen molar-refractivity contribution in [1.29, 1.82) is 0 Å². The van der Waals surface area contributed by atoms with E-state index in [1.165, 1.54) is 103 Å². The molecule has 1 aliphatic rings. The van der Waals surface area contributed by atoms with E-state index in [0.29, 0.717) is 0 Å². The average Bonchev–Trinajstić information content (AvgIpc) is 3.27. The average molecular weight is 279 g/mol. The Morgan fingerprint density at radius 1 is 0.500 bits per heavy atom. The Hall–Kier alpha value is -0.260. The highest BCUT2D eigenvalue weighted by Crippen LogP contribution is 2.23. The molecule has 0 heteroatoms. The minimum Gasteiger partial charge on any atom is -0.0810 e. The van der Waals surface area contributed by atoms with Gasteiger partial charge in [0.1, 0.15) is 0 Å². The largest absolute Gasteiger partial charge is 0.0810 e. The molecule has 0 aliphatic heterocycles. The molecule has 0 aromatic rings. The summed E-state index contributed by atoms with van der Waals surface area (Å²) in [6.45, 7) is 2.30. The summed E-state index contributed by atoms with van der Waals surface area (Å²) in [7, 11) is 0. The topological polar surface area (TPSA) is 0 Å². The predicted molar refractivity (Wildman–Crippen MR) is 92.2 cm³/mol. The second-order valence-corrected chi connectivity index (χ2v) is 6.79. The van der Waals surface area contributed by atoms with Gasteiger partial charge in [-0.05, 0) is 12.3 Å². The van der Waals surface area contributed by atoms with Gasteiger partial charge in [0.05, 0.1) is 0 Å². The maximum atomic E-state index is 2.34. The lowest BCUT2D eigenvalue weighted by Gasteiger charge is -2.03. The Bertz CT molecular complexity index is 210. The van der Waals surface area contributed by atoms with Gasteiger partial charge in [-0.2, -0.15) is 0 Å². The summed E-state index contributed by atoms with van der Waals surface area (Å²) < 4.78 is 0. The molecule has 0 amide bonds. The lowest BCUT2D eigenvalue weighted by molar-refractivity contribution is 0.527. The summed E-state index contributed by atoms with van der Waals surface area (Å²) in [4.78, 5) is 0. The highest BCUT2D eigenvalue weighted by molar-refractivity contribution is 5.12. The molecule has 0 saturated carbocycles. The Morgan fingerprint density at radius 3 is 1.20 bits per heavy atom. The molecule has 0 saturated heterocycles. The van der Waals surface area contributed by atoms with Crippen LogP contribution in [0.25, 0.3) is 0 Å². The lowest BCUT2D eigenvalue weighted by atomic mass is 10.0. The summed E-state index contributed by atoms with van der Waals surface area (Å²) in [5.41, 5.74) is 0. The fourth-order valence-electron chi connectivity index (χ4n) is 3.02. The predicted octanol–water partition coefficient (Wildman–Crippen LogP) is 7.43.